The highest BCUT2D eigenvalue weighted by molar-refractivity contribution is 5.76. The van der Waals surface area contributed by atoms with Crippen molar-refractivity contribution in [2.24, 2.45) is 0 Å². The summed E-state index contributed by atoms with van der Waals surface area (Å²) < 4.78 is 5.93. The Morgan fingerprint density at radius 2 is 2.12 bits per heavy atom. The second-order valence-corrected chi connectivity index (χ2v) is 6.11. The summed E-state index contributed by atoms with van der Waals surface area (Å²) in [4.78, 5) is 28.8. The fourth-order valence-corrected chi connectivity index (χ4v) is 3.00. The summed E-state index contributed by atoms with van der Waals surface area (Å²) in [6, 6.07) is 5.71. The maximum absolute atomic E-state index is 12.0. The molecule has 0 saturated carbocycles. The smallest absolute Gasteiger partial charge is 0.317 e. The summed E-state index contributed by atoms with van der Waals surface area (Å²) in [6.45, 7) is 3.38. The molecular weight excluding hydrogens is 310 g/mol. The molecule has 1 fully saturated rings. The molecule has 2 heterocycles. The minimum Gasteiger partial charge on any atom is -0.481 e. The summed E-state index contributed by atoms with van der Waals surface area (Å²) in [5.74, 6) is 0.0327. The number of carbonyl (C=O) groups is 2. The van der Waals surface area contributed by atoms with Crippen LogP contribution in [0.25, 0.3) is 11.1 Å². The van der Waals surface area contributed by atoms with Gasteiger partial charge in [0.05, 0.1) is 6.42 Å². The van der Waals surface area contributed by atoms with Crippen LogP contribution >= 0.6 is 0 Å². The number of hydrogen-bond donors (Lipinski definition) is 2. The number of carboxylic acid groups (broad SMARTS) is 1. The van der Waals surface area contributed by atoms with Crippen LogP contribution in [0.2, 0.25) is 0 Å². The minimum atomic E-state index is -0.916. The van der Waals surface area contributed by atoms with Crippen LogP contribution in [0.3, 0.4) is 0 Å². The number of aliphatic carboxylic acids is 1. The van der Waals surface area contributed by atoms with Gasteiger partial charge in [0.15, 0.2) is 11.5 Å². The van der Waals surface area contributed by atoms with Gasteiger partial charge in [-0.25, -0.2) is 9.78 Å². The third kappa shape index (κ3) is 3.50. The number of urea groups is 1. The van der Waals surface area contributed by atoms with E-state index in [1.807, 2.05) is 25.1 Å². The molecule has 1 aromatic carbocycles. The highest BCUT2D eigenvalue weighted by Gasteiger charge is 2.27. The molecule has 1 aliphatic rings. The van der Waals surface area contributed by atoms with Gasteiger partial charge in [0.25, 0.3) is 0 Å². The Balaban J connectivity index is 1.57. The quantitative estimate of drug-likeness (QED) is 0.897. The van der Waals surface area contributed by atoms with E-state index in [1.54, 1.807) is 4.90 Å². The highest BCUT2D eigenvalue weighted by atomic mass is 16.4. The molecule has 1 saturated heterocycles. The van der Waals surface area contributed by atoms with E-state index in [2.05, 4.69) is 10.3 Å². The molecule has 128 valence electrons. The normalized spacial score (nSPS) is 15.6. The maximum atomic E-state index is 12.0. The Hall–Kier alpha value is -2.57. The van der Waals surface area contributed by atoms with E-state index in [0.29, 0.717) is 13.1 Å². The van der Waals surface area contributed by atoms with Crippen LogP contribution in [-0.4, -0.2) is 46.6 Å². The number of para-hydroxylation sites is 1. The lowest BCUT2D eigenvalue weighted by atomic mass is 9.97. The van der Waals surface area contributed by atoms with Crippen LogP contribution in [0.5, 0.6) is 0 Å². The fraction of sp³-hybridized carbons (Fsp3) is 0.471. The summed E-state index contributed by atoms with van der Waals surface area (Å²) in [5, 5.41) is 11.2. The highest BCUT2D eigenvalue weighted by Crippen LogP contribution is 2.30. The zero-order valence-corrected chi connectivity index (χ0v) is 13.6. The number of aromatic nitrogens is 1. The van der Waals surface area contributed by atoms with Gasteiger partial charge in [-0.2, -0.15) is 0 Å². The van der Waals surface area contributed by atoms with Gasteiger partial charge in [-0.1, -0.05) is 12.1 Å². The number of rotatable bonds is 4. The van der Waals surface area contributed by atoms with Crippen molar-refractivity contribution in [2.75, 3.05) is 19.6 Å². The molecule has 0 unspecified atom stereocenters. The van der Waals surface area contributed by atoms with Crippen LogP contribution < -0.4 is 5.32 Å². The van der Waals surface area contributed by atoms with Gasteiger partial charge in [0.1, 0.15) is 5.52 Å². The van der Waals surface area contributed by atoms with Gasteiger partial charge >= 0.3 is 12.0 Å². The molecule has 7 heteroatoms. The molecule has 1 aromatic heterocycles. The lowest BCUT2D eigenvalue weighted by Crippen LogP contribution is -2.44. The average Bonchev–Trinajstić information content (AvgIpc) is 3.00. The molecule has 0 aliphatic carbocycles. The number of hydrogen-bond acceptors (Lipinski definition) is 4. The molecule has 0 radical (unpaired) electrons. The van der Waals surface area contributed by atoms with E-state index in [9.17, 15) is 9.59 Å². The monoisotopic (exact) mass is 331 g/mol. The number of carbonyl (C=O) groups excluding carboxylic acids is 1. The van der Waals surface area contributed by atoms with E-state index in [4.69, 9.17) is 9.52 Å². The Bertz CT molecular complexity index is 747. The van der Waals surface area contributed by atoms with Gasteiger partial charge in [0.2, 0.25) is 0 Å². The summed E-state index contributed by atoms with van der Waals surface area (Å²) in [7, 11) is 0. The largest absolute Gasteiger partial charge is 0.481 e. The number of likely N-dealkylation sites (tertiary alicyclic amines) is 1. The van der Waals surface area contributed by atoms with Gasteiger partial charge < -0.3 is 19.7 Å². The van der Waals surface area contributed by atoms with Crippen molar-refractivity contribution >= 4 is 23.1 Å². The summed E-state index contributed by atoms with van der Waals surface area (Å²) in [6.07, 6.45) is 1.51. The molecule has 2 N–H and O–H groups in total. The number of aryl methyl sites for hydroxylation is 1. The topological polar surface area (TPSA) is 95.7 Å². The number of benzene rings is 1. The van der Waals surface area contributed by atoms with Crippen LogP contribution in [0, 0.1) is 6.92 Å². The third-order valence-electron chi connectivity index (χ3n) is 4.37. The molecule has 1 aliphatic heterocycles. The average molecular weight is 331 g/mol. The lowest BCUT2D eigenvalue weighted by Gasteiger charge is -2.30. The third-order valence-corrected chi connectivity index (χ3v) is 4.37. The van der Waals surface area contributed by atoms with Gasteiger partial charge in [0, 0.05) is 25.6 Å². The number of fused-ring (bicyclic) bond motifs is 1. The number of nitrogens with one attached hydrogen (secondary N) is 1. The Morgan fingerprint density at radius 3 is 2.79 bits per heavy atom. The van der Waals surface area contributed by atoms with Crippen molar-refractivity contribution in [1.29, 1.82) is 0 Å². The van der Waals surface area contributed by atoms with Crippen molar-refractivity contribution in [3.63, 3.8) is 0 Å². The first-order chi connectivity index (χ1) is 11.5. The second-order valence-electron chi connectivity index (χ2n) is 6.11. The Morgan fingerprint density at radius 1 is 1.38 bits per heavy atom. The van der Waals surface area contributed by atoms with Crippen molar-refractivity contribution in [3.05, 3.63) is 29.7 Å². The van der Waals surface area contributed by atoms with Crippen molar-refractivity contribution < 1.29 is 19.1 Å². The maximum Gasteiger partial charge on any atom is 0.317 e. The number of nitrogens with zero attached hydrogens (tertiary/aromatic N) is 2. The zero-order valence-electron chi connectivity index (χ0n) is 13.6. The first-order valence-corrected chi connectivity index (χ1v) is 8.15. The second kappa shape index (κ2) is 6.90. The zero-order chi connectivity index (χ0) is 17.1. The van der Waals surface area contributed by atoms with Crippen LogP contribution in [0.1, 0.15) is 36.6 Å². The van der Waals surface area contributed by atoms with Crippen molar-refractivity contribution in [2.45, 2.75) is 32.1 Å². The molecule has 0 bridgehead atoms. The van der Waals surface area contributed by atoms with Crippen molar-refractivity contribution in [3.8, 4) is 0 Å². The molecule has 0 spiro atoms. The number of carboxylic acids is 1. The van der Waals surface area contributed by atoms with E-state index < -0.39 is 5.97 Å². The standard InChI is InChI=1S/C17H21N3O4/c1-11-3-2-4-13-15(11)24-16(19-13)12-6-9-20(10-7-12)17(23)18-8-5-14(21)22/h2-4,12H,5-10H2,1H3,(H,18,23)(H,21,22). The molecule has 2 amide bonds. The molecule has 2 aromatic rings. The van der Waals surface area contributed by atoms with E-state index in [-0.39, 0.29) is 24.9 Å². The number of piperidine rings is 1. The lowest BCUT2D eigenvalue weighted by molar-refractivity contribution is -0.136. The van der Waals surface area contributed by atoms with E-state index in [0.717, 1.165) is 35.4 Å². The minimum absolute atomic E-state index is 0.0650. The number of amides is 2. The van der Waals surface area contributed by atoms with Crippen molar-refractivity contribution in [1.82, 2.24) is 15.2 Å². The molecule has 7 nitrogen and oxygen atoms in total. The van der Waals surface area contributed by atoms with Gasteiger partial charge in [-0.15, -0.1) is 0 Å². The SMILES string of the molecule is Cc1cccc2nc(C3CCN(C(=O)NCCC(=O)O)CC3)oc12. The van der Waals surface area contributed by atoms with E-state index >= 15 is 0 Å². The van der Waals surface area contributed by atoms with E-state index in [1.165, 1.54) is 0 Å². The first-order valence-electron chi connectivity index (χ1n) is 8.15. The first kappa shape index (κ1) is 16.3. The van der Waals surface area contributed by atoms with Gasteiger partial charge in [-0.05, 0) is 31.4 Å². The fourth-order valence-electron chi connectivity index (χ4n) is 3.00. The summed E-state index contributed by atoms with van der Waals surface area (Å²) in [5.41, 5.74) is 2.78. The van der Waals surface area contributed by atoms with Crippen LogP contribution in [-0.2, 0) is 4.79 Å². The predicted octanol–water partition coefficient (Wildman–Crippen LogP) is 2.50. The molecular formula is C17H21N3O4. The molecule has 0 atom stereocenters. The summed E-state index contributed by atoms with van der Waals surface area (Å²) >= 11 is 0. The predicted molar refractivity (Wildman–Crippen MR) is 87.9 cm³/mol. The van der Waals surface area contributed by atoms with Crippen LogP contribution in [0.15, 0.2) is 22.6 Å². The molecule has 3 rings (SSSR count). The van der Waals surface area contributed by atoms with Crippen LogP contribution in [0.4, 0.5) is 4.79 Å². The Labute approximate surface area is 139 Å². The number of oxazole rings is 1. The molecule has 24 heavy (non-hydrogen) atoms. The Kier molecular flexibility index (Phi) is 4.69. The van der Waals surface area contributed by atoms with Gasteiger partial charge in [-0.3, -0.25) is 4.79 Å².